The first-order valence-electron chi connectivity index (χ1n) is 11.7. The van der Waals surface area contributed by atoms with Crippen LogP contribution in [0.2, 0.25) is 0 Å². The zero-order valence-corrected chi connectivity index (χ0v) is 20.8. The number of carbonyl (C=O) groups excluding carboxylic acids is 2. The molecule has 4 rings (SSSR count). The van der Waals surface area contributed by atoms with Crippen LogP contribution < -0.4 is 5.73 Å². The Hall–Kier alpha value is -2.84. The van der Waals surface area contributed by atoms with Crippen molar-refractivity contribution in [3.63, 3.8) is 0 Å². The highest BCUT2D eigenvalue weighted by molar-refractivity contribution is 5.94. The van der Waals surface area contributed by atoms with E-state index in [2.05, 4.69) is 4.98 Å². The molecular formula is C23H26ClF6N5O3. The van der Waals surface area contributed by atoms with Crippen molar-refractivity contribution >= 4 is 24.2 Å². The normalized spacial score (nSPS) is 18.3. The number of nitrogens with zero attached hydrogens (tertiary/aromatic N) is 4. The fourth-order valence-corrected chi connectivity index (χ4v) is 4.83. The molecule has 210 valence electrons. The molecule has 15 heteroatoms. The molecular weight excluding hydrogens is 544 g/mol. The number of hydrogen-bond acceptors (Lipinski definition) is 5. The molecule has 0 radical (unpaired) electrons. The van der Waals surface area contributed by atoms with Gasteiger partial charge in [-0.25, -0.2) is 18.2 Å². The van der Waals surface area contributed by atoms with Crippen molar-refractivity contribution in [2.24, 2.45) is 5.73 Å². The first-order valence-corrected chi connectivity index (χ1v) is 11.7. The van der Waals surface area contributed by atoms with Gasteiger partial charge in [-0.05, 0) is 30.9 Å². The number of imidazole rings is 1. The summed E-state index contributed by atoms with van der Waals surface area (Å²) in [6.07, 6.45) is -4.37. The Labute approximate surface area is 219 Å². The van der Waals surface area contributed by atoms with Gasteiger partial charge in [-0.1, -0.05) is 0 Å². The quantitative estimate of drug-likeness (QED) is 0.411. The summed E-state index contributed by atoms with van der Waals surface area (Å²) in [6, 6.07) is -0.484. The second-order valence-electron chi connectivity index (χ2n) is 9.20. The van der Waals surface area contributed by atoms with Crippen LogP contribution in [0.5, 0.6) is 0 Å². The number of aromatic nitrogens is 2. The fraction of sp³-hybridized carbons (Fsp3) is 0.522. The number of benzene rings is 1. The third kappa shape index (κ3) is 5.91. The van der Waals surface area contributed by atoms with Gasteiger partial charge in [0.25, 0.3) is 5.91 Å². The zero-order valence-electron chi connectivity index (χ0n) is 20.0. The number of amides is 2. The molecule has 2 aromatic rings. The number of fused-ring (bicyclic) bond motifs is 1. The third-order valence-electron chi connectivity index (χ3n) is 6.67. The molecule has 8 nitrogen and oxygen atoms in total. The van der Waals surface area contributed by atoms with Crippen LogP contribution in [0.25, 0.3) is 0 Å². The highest BCUT2D eigenvalue weighted by Crippen LogP contribution is 2.33. The van der Waals surface area contributed by atoms with E-state index in [4.69, 9.17) is 5.73 Å². The maximum Gasteiger partial charge on any atom is 0.449 e. The first-order chi connectivity index (χ1) is 17.4. The number of rotatable bonds is 6. The van der Waals surface area contributed by atoms with E-state index in [9.17, 15) is 41.0 Å². The molecule has 0 saturated carbocycles. The lowest BCUT2D eigenvalue weighted by Gasteiger charge is -2.31. The summed E-state index contributed by atoms with van der Waals surface area (Å²) < 4.78 is 82.4. The molecule has 2 aliphatic rings. The summed E-state index contributed by atoms with van der Waals surface area (Å²) in [5.74, 6) is -6.21. The number of hydrogen-bond donors (Lipinski definition) is 2. The summed E-state index contributed by atoms with van der Waals surface area (Å²) >= 11 is 0. The van der Waals surface area contributed by atoms with Gasteiger partial charge in [0.05, 0.1) is 24.9 Å². The van der Waals surface area contributed by atoms with Crippen LogP contribution in [0.3, 0.4) is 0 Å². The molecule has 1 aromatic carbocycles. The fourth-order valence-electron chi connectivity index (χ4n) is 4.83. The van der Waals surface area contributed by atoms with E-state index in [1.807, 2.05) is 0 Å². The van der Waals surface area contributed by atoms with Crippen molar-refractivity contribution < 1.29 is 41.0 Å². The van der Waals surface area contributed by atoms with Gasteiger partial charge in [-0.3, -0.25) is 9.59 Å². The average Bonchev–Trinajstić information content (AvgIpc) is 3.46. The van der Waals surface area contributed by atoms with Gasteiger partial charge in [-0.2, -0.15) is 13.2 Å². The van der Waals surface area contributed by atoms with E-state index < -0.39 is 59.0 Å². The Morgan fingerprint density at radius 2 is 1.79 bits per heavy atom. The smallest absolute Gasteiger partial charge is 0.394 e. The number of carbonyl (C=O) groups is 2. The monoisotopic (exact) mass is 569 g/mol. The van der Waals surface area contributed by atoms with Gasteiger partial charge >= 0.3 is 6.18 Å². The molecule has 38 heavy (non-hydrogen) atoms. The van der Waals surface area contributed by atoms with Crippen LogP contribution in [0.15, 0.2) is 12.1 Å². The summed E-state index contributed by atoms with van der Waals surface area (Å²) in [5.41, 5.74) is 5.20. The Morgan fingerprint density at radius 1 is 1.11 bits per heavy atom. The number of aliphatic hydroxyl groups excluding tert-OH is 1. The third-order valence-corrected chi connectivity index (χ3v) is 6.67. The Balaban J connectivity index is 0.00000400. The minimum atomic E-state index is -4.84. The van der Waals surface area contributed by atoms with Crippen molar-refractivity contribution in [2.45, 2.75) is 57.0 Å². The minimum Gasteiger partial charge on any atom is -0.394 e. The Bertz CT molecular complexity index is 1210. The lowest BCUT2D eigenvalue weighted by atomic mass is 10.0. The second-order valence-corrected chi connectivity index (χ2v) is 9.20. The lowest BCUT2D eigenvalue weighted by molar-refractivity contribution is -0.148. The van der Waals surface area contributed by atoms with Crippen LogP contribution in [0, 0.1) is 17.5 Å². The molecule has 1 saturated heterocycles. The van der Waals surface area contributed by atoms with E-state index in [1.165, 1.54) is 9.80 Å². The SMILES string of the molecule is Cl.NC(CC(=O)N1CCn2c(C(F)(F)F)nc(C(=O)N3CCC[C@H]3CO)c2C1)Cc1cc(F)c(F)cc1F. The average molecular weight is 570 g/mol. The van der Waals surface area contributed by atoms with E-state index in [1.54, 1.807) is 0 Å². The van der Waals surface area contributed by atoms with Crippen molar-refractivity contribution in [1.82, 2.24) is 19.4 Å². The van der Waals surface area contributed by atoms with E-state index in [0.29, 0.717) is 25.0 Å². The maximum absolute atomic E-state index is 13.9. The molecule has 2 amide bonds. The molecule has 2 atom stereocenters. The molecule has 1 fully saturated rings. The van der Waals surface area contributed by atoms with Gasteiger partial charge in [0.15, 0.2) is 17.3 Å². The Kier molecular flexibility index (Phi) is 8.99. The highest BCUT2D eigenvalue weighted by atomic mass is 35.5. The second kappa shape index (κ2) is 11.5. The number of likely N-dealkylation sites (tertiary alicyclic amines) is 1. The van der Waals surface area contributed by atoms with Gasteiger partial charge < -0.3 is 25.2 Å². The molecule has 0 bridgehead atoms. The molecule has 2 aliphatic heterocycles. The topological polar surface area (TPSA) is 105 Å². The summed E-state index contributed by atoms with van der Waals surface area (Å²) in [6.45, 7) is -0.807. The van der Waals surface area contributed by atoms with E-state index in [0.717, 1.165) is 4.57 Å². The largest absolute Gasteiger partial charge is 0.449 e. The molecule has 0 spiro atoms. The predicted molar refractivity (Wildman–Crippen MR) is 124 cm³/mol. The number of nitrogens with two attached hydrogens (primary N) is 1. The van der Waals surface area contributed by atoms with Crippen molar-refractivity contribution in [3.05, 3.63) is 52.4 Å². The van der Waals surface area contributed by atoms with Crippen molar-refractivity contribution in [2.75, 3.05) is 19.7 Å². The van der Waals surface area contributed by atoms with Crippen LogP contribution in [0.1, 0.15) is 46.8 Å². The van der Waals surface area contributed by atoms with Gasteiger partial charge in [0, 0.05) is 38.2 Å². The van der Waals surface area contributed by atoms with Crippen molar-refractivity contribution in [3.8, 4) is 0 Å². The summed E-state index contributed by atoms with van der Waals surface area (Å²) in [5, 5.41) is 9.53. The summed E-state index contributed by atoms with van der Waals surface area (Å²) in [7, 11) is 0. The van der Waals surface area contributed by atoms with Gasteiger partial charge in [0.2, 0.25) is 11.7 Å². The van der Waals surface area contributed by atoms with Gasteiger partial charge in [0.1, 0.15) is 5.82 Å². The first kappa shape index (κ1) is 29.7. The molecule has 0 aliphatic carbocycles. The molecule has 1 unspecified atom stereocenters. The lowest BCUT2D eigenvalue weighted by Crippen LogP contribution is -2.43. The predicted octanol–water partition coefficient (Wildman–Crippen LogP) is 2.64. The van der Waals surface area contributed by atoms with Crippen LogP contribution in [-0.4, -0.2) is 68.1 Å². The standard InChI is InChI=1S/C23H25F6N5O3.ClH/c24-15-9-17(26)16(25)7-12(15)6-13(30)8-19(36)32-4-5-34-18(10-32)20(31-22(34)23(27,28)29)21(37)33-3-1-2-14(33)11-35;/h7,9,13-14,35H,1-6,8,10-11,30H2;1H/t13?,14-;/m0./s1. The summed E-state index contributed by atoms with van der Waals surface area (Å²) in [4.78, 5) is 32.1. The maximum atomic E-state index is 13.9. The molecule has 3 N–H and O–H groups in total. The van der Waals surface area contributed by atoms with Crippen LogP contribution >= 0.6 is 12.4 Å². The van der Waals surface area contributed by atoms with E-state index in [-0.39, 0.29) is 69.3 Å². The Morgan fingerprint density at radius 3 is 2.45 bits per heavy atom. The minimum absolute atomic E-state index is 0. The molecule has 3 heterocycles. The van der Waals surface area contributed by atoms with Crippen LogP contribution in [-0.2, 0) is 30.5 Å². The van der Waals surface area contributed by atoms with Gasteiger partial charge in [-0.15, -0.1) is 12.4 Å². The highest BCUT2D eigenvalue weighted by Gasteiger charge is 2.43. The van der Waals surface area contributed by atoms with Crippen LogP contribution in [0.4, 0.5) is 26.3 Å². The number of halogens is 7. The van der Waals surface area contributed by atoms with E-state index >= 15 is 0 Å². The van der Waals surface area contributed by atoms with Crippen molar-refractivity contribution in [1.29, 1.82) is 0 Å². The zero-order chi connectivity index (χ0) is 27.1. The number of alkyl halides is 3. The number of aliphatic hydroxyl groups is 1. The molecule has 1 aromatic heterocycles.